The first-order valence-electron chi connectivity index (χ1n) is 9.90. The van der Waals surface area contributed by atoms with E-state index in [2.05, 4.69) is 22.5 Å². The van der Waals surface area contributed by atoms with Crippen molar-refractivity contribution < 1.29 is 9.53 Å². The molecule has 144 valence electrons. The van der Waals surface area contributed by atoms with E-state index in [0.29, 0.717) is 11.7 Å². The molecule has 1 aliphatic rings. The zero-order chi connectivity index (χ0) is 18.9. The fraction of sp³-hybridized carbons (Fsp3) is 0.455. The van der Waals surface area contributed by atoms with E-state index in [9.17, 15) is 4.79 Å². The Bertz CT molecular complexity index is 715. The highest BCUT2D eigenvalue weighted by Gasteiger charge is 2.19. The molecule has 1 heterocycles. The number of hydrogen-bond donors (Lipinski definition) is 2. The van der Waals surface area contributed by atoms with Gasteiger partial charge in [-0.2, -0.15) is 0 Å². The highest BCUT2D eigenvalue weighted by atomic mass is 16.6. The fourth-order valence-electron chi connectivity index (χ4n) is 3.75. The van der Waals surface area contributed by atoms with Crippen LogP contribution in [0.1, 0.15) is 44.6 Å². The maximum atomic E-state index is 12.1. The minimum atomic E-state index is -0.496. The summed E-state index contributed by atoms with van der Waals surface area (Å²) in [4.78, 5) is 16.1. The zero-order valence-electron chi connectivity index (χ0n) is 16.0. The van der Waals surface area contributed by atoms with Gasteiger partial charge in [-0.3, -0.25) is 10.3 Å². The molecular formula is C22H29N3O2. The van der Waals surface area contributed by atoms with Crippen molar-refractivity contribution in [2.24, 2.45) is 11.8 Å². The summed E-state index contributed by atoms with van der Waals surface area (Å²) in [6.07, 6.45) is 9.56. The number of nitrogens with one attached hydrogen (secondary N) is 2. The van der Waals surface area contributed by atoms with Gasteiger partial charge in [-0.15, -0.1) is 0 Å². The molecule has 0 spiro atoms. The van der Waals surface area contributed by atoms with E-state index < -0.39 is 6.09 Å². The van der Waals surface area contributed by atoms with Gasteiger partial charge in [0, 0.05) is 24.6 Å². The predicted octanol–water partition coefficient (Wildman–Crippen LogP) is 5.00. The van der Waals surface area contributed by atoms with Crippen molar-refractivity contribution in [3.8, 4) is 5.75 Å². The van der Waals surface area contributed by atoms with Crippen molar-refractivity contribution in [2.75, 3.05) is 11.9 Å². The van der Waals surface area contributed by atoms with Gasteiger partial charge in [0.15, 0.2) is 0 Å². The molecule has 0 radical (unpaired) electrons. The van der Waals surface area contributed by atoms with Crippen LogP contribution in [0, 0.1) is 11.8 Å². The van der Waals surface area contributed by atoms with E-state index in [4.69, 9.17) is 4.74 Å². The van der Waals surface area contributed by atoms with Crippen LogP contribution in [0.3, 0.4) is 0 Å². The average molecular weight is 367 g/mol. The quantitative estimate of drug-likeness (QED) is 0.723. The minimum absolute atomic E-state index is 0.472. The van der Waals surface area contributed by atoms with Crippen molar-refractivity contribution in [2.45, 2.75) is 45.6 Å². The maximum absolute atomic E-state index is 12.1. The number of hydrogen-bond acceptors (Lipinski definition) is 4. The normalized spacial score (nSPS) is 15.9. The molecule has 5 heteroatoms. The number of benzene rings is 1. The van der Waals surface area contributed by atoms with Crippen LogP contribution in [0.15, 0.2) is 48.8 Å². The first kappa shape index (κ1) is 19.4. The number of amides is 1. The van der Waals surface area contributed by atoms with Crippen LogP contribution in [0.25, 0.3) is 0 Å². The van der Waals surface area contributed by atoms with E-state index in [1.165, 1.54) is 32.1 Å². The standard InChI is InChI=1S/C22H29N3O2/c1-17(18-7-3-2-4-8-18)15-24-16-19-9-5-6-10-21(19)25-22(26)27-20-11-13-23-14-12-20/h5-6,9-14,17-18,24H,2-4,7-8,15-16H2,1H3,(H,25,26). The highest BCUT2D eigenvalue weighted by molar-refractivity contribution is 5.87. The Labute approximate surface area is 161 Å². The number of aromatic nitrogens is 1. The number of nitrogens with zero attached hydrogens (tertiary/aromatic N) is 1. The summed E-state index contributed by atoms with van der Waals surface area (Å²) in [6, 6.07) is 11.1. The summed E-state index contributed by atoms with van der Waals surface area (Å²) < 4.78 is 5.28. The fourth-order valence-corrected chi connectivity index (χ4v) is 3.75. The van der Waals surface area contributed by atoms with Crippen molar-refractivity contribution in [1.29, 1.82) is 0 Å². The van der Waals surface area contributed by atoms with Gasteiger partial charge in [-0.25, -0.2) is 4.79 Å². The zero-order valence-corrected chi connectivity index (χ0v) is 16.0. The Morgan fingerprint density at radius 2 is 1.89 bits per heavy atom. The van der Waals surface area contributed by atoms with Gasteiger partial charge in [-0.05, 0) is 42.1 Å². The Morgan fingerprint density at radius 3 is 2.67 bits per heavy atom. The van der Waals surface area contributed by atoms with Crippen molar-refractivity contribution in [3.63, 3.8) is 0 Å². The molecule has 1 saturated carbocycles. The molecule has 27 heavy (non-hydrogen) atoms. The molecule has 3 rings (SSSR count). The van der Waals surface area contributed by atoms with E-state index in [0.717, 1.165) is 30.3 Å². The molecule has 1 aliphatic carbocycles. The van der Waals surface area contributed by atoms with Crippen molar-refractivity contribution >= 4 is 11.8 Å². The van der Waals surface area contributed by atoms with Gasteiger partial charge in [0.1, 0.15) is 5.75 Å². The Balaban J connectivity index is 1.50. The van der Waals surface area contributed by atoms with Crippen LogP contribution in [-0.4, -0.2) is 17.6 Å². The maximum Gasteiger partial charge on any atom is 0.417 e. The summed E-state index contributed by atoms with van der Waals surface area (Å²) in [5.41, 5.74) is 1.83. The first-order chi connectivity index (χ1) is 13.2. The number of pyridine rings is 1. The van der Waals surface area contributed by atoms with E-state index >= 15 is 0 Å². The lowest BCUT2D eigenvalue weighted by molar-refractivity contribution is 0.215. The Kier molecular flexibility index (Phi) is 7.22. The average Bonchev–Trinajstić information content (AvgIpc) is 2.70. The number of carbonyl (C=O) groups excluding carboxylic acids is 1. The summed E-state index contributed by atoms with van der Waals surface area (Å²) in [5, 5.41) is 6.40. The molecule has 1 atom stereocenters. The number of anilines is 1. The van der Waals surface area contributed by atoms with Gasteiger partial charge in [0.2, 0.25) is 0 Å². The Hall–Kier alpha value is -2.40. The molecule has 0 bridgehead atoms. The number of carbonyl (C=O) groups is 1. The highest BCUT2D eigenvalue weighted by Crippen LogP contribution is 2.29. The van der Waals surface area contributed by atoms with E-state index in [-0.39, 0.29) is 0 Å². The largest absolute Gasteiger partial charge is 0.417 e. The van der Waals surface area contributed by atoms with Crippen LogP contribution >= 0.6 is 0 Å². The van der Waals surface area contributed by atoms with E-state index in [1.54, 1.807) is 24.5 Å². The number of para-hydroxylation sites is 1. The molecule has 1 aromatic heterocycles. The monoisotopic (exact) mass is 367 g/mol. The molecule has 0 saturated heterocycles. The summed E-state index contributed by atoms with van der Waals surface area (Å²) >= 11 is 0. The molecular weight excluding hydrogens is 338 g/mol. The number of rotatable bonds is 7. The third-order valence-electron chi connectivity index (χ3n) is 5.35. The van der Waals surface area contributed by atoms with Crippen LogP contribution in [0.5, 0.6) is 5.75 Å². The molecule has 2 N–H and O–H groups in total. The van der Waals surface area contributed by atoms with Gasteiger partial charge in [-0.1, -0.05) is 57.2 Å². The van der Waals surface area contributed by atoms with E-state index in [1.807, 2.05) is 24.3 Å². The second kappa shape index (κ2) is 10.1. The van der Waals surface area contributed by atoms with Gasteiger partial charge < -0.3 is 10.1 Å². The Morgan fingerprint density at radius 1 is 1.15 bits per heavy atom. The van der Waals surface area contributed by atoms with Gasteiger partial charge in [0.05, 0.1) is 0 Å². The van der Waals surface area contributed by atoms with Crippen LogP contribution in [-0.2, 0) is 6.54 Å². The second-order valence-corrected chi connectivity index (χ2v) is 7.36. The van der Waals surface area contributed by atoms with Crippen LogP contribution < -0.4 is 15.4 Å². The molecule has 2 aromatic rings. The van der Waals surface area contributed by atoms with Gasteiger partial charge in [0.25, 0.3) is 0 Å². The summed E-state index contributed by atoms with van der Waals surface area (Å²) in [7, 11) is 0. The smallest absolute Gasteiger partial charge is 0.410 e. The third-order valence-corrected chi connectivity index (χ3v) is 5.35. The first-order valence-corrected chi connectivity index (χ1v) is 9.90. The second-order valence-electron chi connectivity index (χ2n) is 7.36. The van der Waals surface area contributed by atoms with Gasteiger partial charge >= 0.3 is 6.09 Å². The molecule has 0 aliphatic heterocycles. The van der Waals surface area contributed by atoms with Crippen molar-refractivity contribution in [1.82, 2.24) is 10.3 Å². The SMILES string of the molecule is CC(CNCc1ccccc1NC(=O)Oc1ccncc1)C1CCCCC1. The lowest BCUT2D eigenvalue weighted by atomic mass is 9.81. The summed E-state index contributed by atoms with van der Waals surface area (Å²) in [6.45, 7) is 4.07. The minimum Gasteiger partial charge on any atom is -0.410 e. The molecule has 1 amide bonds. The predicted molar refractivity (Wildman–Crippen MR) is 108 cm³/mol. The third kappa shape index (κ3) is 6.07. The molecule has 5 nitrogen and oxygen atoms in total. The van der Waals surface area contributed by atoms with Crippen molar-refractivity contribution in [3.05, 3.63) is 54.4 Å². The summed E-state index contributed by atoms with van der Waals surface area (Å²) in [5.74, 6) is 2.00. The van der Waals surface area contributed by atoms with Crippen LogP contribution in [0.2, 0.25) is 0 Å². The topological polar surface area (TPSA) is 63.2 Å². The number of ether oxygens (including phenoxy) is 1. The van der Waals surface area contributed by atoms with Crippen LogP contribution in [0.4, 0.5) is 10.5 Å². The molecule has 1 unspecified atom stereocenters. The lowest BCUT2D eigenvalue weighted by Crippen LogP contribution is -2.27. The molecule has 1 fully saturated rings. The molecule has 1 aromatic carbocycles. The lowest BCUT2D eigenvalue weighted by Gasteiger charge is -2.28.